The third-order valence-electron chi connectivity index (χ3n) is 16.1. The lowest BCUT2D eigenvalue weighted by Crippen LogP contribution is -2.28. The van der Waals surface area contributed by atoms with Crippen LogP contribution in [-0.2, 0) is 10.8 Å². The van der Waals surface area contributed by atoms with Crippen LogP contribution >= 0.6 is 0 Å². The molecule has 0 bridgehead atoms. The quantitative estimate of drug-likeness (QED) is 0.150. The van der Waals surface area contributed by atoms with Gasteiger partial charge in [0.05, 0.1) is 16.5 Å². The molecule has 15 rings (SSSR count). The summed E-state index contributed by atoms with van der Waals surface area (Å²) in [5.74, 6) is 0. The fraction of sp³-hybridized carbons (Fsp3) is 0.0286. The third kappa shape index (κ3) is 5.41. The second-order valence-electron chi connectivity index (χ2n) is 19.4. The highest BCUT2D eigenvalue weighted by molar-refractivity contribution is 6.14. The first-order valence-corrected chi connectivity index (χ1v) is 24.8. The zero-order valence-electron chi connectivity index (χ0n) is 38.9. The summed E-state index contributed by atoms with van der Waals surface area (Å²) in [5, 5.41) is 5.05. The number of anilines is 3. The summed E-state index contributed by atoms with van der Waals surface area (Å²) >= 11 is 0. The van der Waals surface area contributed by atoms with Crippen molar-refractivity contribution in [3.63, 3.8) is 0 Å². The molecule has 0 N–H and O–H groups in total. The fourth-order valence-corrected chi connectivity index (χ4v) is 13.4. The molecule has 0 aliphatic heterocycles. The maximum atomic E-state index is 2.54. The van der Waals surface area contributed by atoms with Gasteiger partial charge in [-0.3, -0.25) is 0 Å². The van der Waals surface area contributed by atoms with Crippen LogP contribution in [0.25, 0.3) is 66.1 Å². The van der Waals surface area contributed by atoms with Gasteiger partial charge in [-0.1, -0.05) is 237 Å². The Labute approximate surface area is 414 Å². The van der Waals surface area contributed by atoms with Crippen molar-refractivity contribution in [1.29, 1.82) is 0 Å². The zero-order valence-corrected chi connectivity index (χ0v) is 38.9. The molecule has 12 aromatic rings. The molecule has 3 aliphatic carbocycles. The van der Waals surface area contributed by atoms with E-state index in [4.69, 9.17) is 0 Å². The maximum Gasteiger partial charge on any atom is 0.0726 e. The number of benzene rings is 12. The van der Waals surface area contributed by atoms with Crippen LogP contribution in [0.3, 0.4) is 0 Å². The molecule has 1 nitrogen and oxygen atoms in total. The van der Waals surface area contributed by atoms with Crippen molar-refractivity contribution < 1.29 is 0 Å². The van der Waals surface area contributed by atoms with E-state index in [1.807, 2.05) is 0 Å². The van der Waals surface area contributed by atoms with Crippen LogP contribution in [0.4, 0.5) is 17.1 Å². The van der Waals surface area contributed by atoms with E-state index in [2.05, 4.69) is 278 Å². The molecule has 0 saturated heterocycles. The summed E-state index contributed by atoms with van der Waals surface area (Å²) in [6.07, 6.45) is 0. The molecule has 0 aromatic heterocycles. The topological polar surface area (TPSA) is 3.24 Å². The monoisotopic (exact) mass is 899 g/mol. The number of nitrogens with zero attached hydrogens (tertiary/aromatic N) is 1. The van der Waals surface area contributed by atoms with Gasteiger partial charge >= 0.3 is 0 Å². The number of hydrogen-bond acceptors (Lipinski definition) is 1. The SMILES string of the molecule is c1ccc(C2(c3ccccc3)c3ccccc3-c3cc(N(c4ccc(-c5cc6ccccc6c6ccccc56)cc4)c4cccc5c4-c4ccccc4C54c5ccccc5-c5ccccc54)ccc32)cc1. The largest absolute Gasteiger partial charge is 0.310 e. The van der Waals surface area contributed by atoms with Crippen LogP contribution in [0.2, 0.25) is 0 Å². The Hall–Kier alpha value is -9.04. The molecule has 330 valence electrons. The molecule has 0 heterocycles. The van der Waals surface area contributed by atoms with E-state index in [0.717, 1.165) is 17.1 Å². The molecular weight excluding hydrogens is 855 g/mol. The van der Waals surface area contributed by atoms with E-state index in [9.17, 15) is 0 Å². The van der Waals surface area contributed by atoms with Gasteiger partial charge in [-0.25, -0.2) is 0 Å². The van der Waals surface area contributed by atoms with E-state index >= 15 is 0 Å². The van der Waals surface area contributed by atoms with Gasteiger partial charge in [0.15, 0.2) is 0 Å². The molecule has 12 aromatic carbocycles. The predicted octanol–water partition coefficient (Wildman–Crippen LogP) is 17.8. The molecule has 0 fully saturated rings. The van der Waals surface area contributed by atoms with Crippen molar-refractivity contribution in [2.24, 2.45) is 0 Å². The van der Waals surface area contributed by atoms with Gasteiger partial charge in [0.2, 0.25) is 0 Å². The summed E-state index contributed by atoms with van der Waals surface area (Å²) in [6.45, 7) is 0. The van der Waals surface area contributed by atoms with Gasteiger partial charge in [0.1, 0.15) is 0 Å². The van der Waals surface area contributed by atoms with Crippen molar-refractivity contribution in [2.45, 2.75) is 10.8 Å². The predicted molar refractivity (Wildman–Crippen MR) is 295 cm³/mol. The van der Waals surface area contributed by atoms with Crippen LogP contribution in [-0.4, -0.2) is 0 Å². The van der Waals surface area contributed by atoms with Gasteiger partial charge in [0.25, 0.3) is 0 Å². The Morgan fingerprint density at radius 2 is 0.718 bits per heavy atom. The smallest absolute Gasteiger partial charge is 0.0726 e. The van der Waals surface area contributed by atoms with Gasteiger partial charge < -0.3 is 4.90 Å². The van der Waals surface area contributed by atoms with Gasteiger partial charge in [-0.05, 0) is 141 Å². The van der Waals surface area contributed by atoms with E-state index in [1.54, 1.807) is 0 Å². The number of fused-ring (bicyclic) bond motifs is 16. The van der Waals surface area contributed by atoms with Gasteiger partial charge in [-0.15, -0.1) is 0 Å². The summed E-state index contributed by atoms with van der Waals surface area (Å²) in [4.78, 5) is 2.54. The molecule has 0 saturated carbocycles. The highest BCUT2D eigenvalue weighted by Crippen LogP contribution is 2.65. The van der Waals surface area contributed by atoms with Crippen LogP contribution < -0.4 is 4.90 Å². The minimum atomic E-state index is -0.495. The van der Waals surface area contributed by atoms with Gasteiger partial charge in [0, 0.05) is 16.9 Å². The van der Waals surface area contributed by atoms with Crippen LogP contribution in [0.5, 0.6) is 0 Å². The van der Waals surface area contributed by atoms with Crippen LogP contribution in [0, 0.1) is 0 Å². The van der Waals surface area contributed by atoms with Crippen molar-refractivity contribution in [3.05, 3.63) is 317 Å². The molecular formula is C70H45N. The standard InChI is InChI=1S/C70H45N/c1-3-21-48(22-4-1)69(49-23-5-2-6-24-49)61-32-15-13-30-57(61)60-45-51(42-43-65(60)69)71(50-40-38-46(39-41-50)59-44-47-20-7-8-25-52(47)53-26-9-10-27-54(53)59)67-37-19-36-66-68(67)58-31-14-18-35-64(58)70(66)62-33-16-11-28-55(62)56-29-12-17-34-63(56)70/h1-45H. The second-order valence-corrected chi connectivity index (χ2v) is 19.4. The lowest BCUT2D eigenvalue weighted by atomic mass is 9.68. The first-order valence-electron chi connectivity index (χ1n) is 24.8. The molecule has 0 unspecified atom stereocenters. The van der Waals surface area contributed by atoms with Crippen molar-refractivity contribution in [1.82, 2.24) is 0 Å². The van der Waals surface area contributed by atoms with Crippen LogP contribution in [0.1, 0.15) is 44.5 Å². The molecule has 0 atom stereocenters. The summed E-state index contributed by atoms with van der Waals surface area (Å²) in [7, 11) is 0. The normalized spacial score (nSPS) is 13.9. The van der Waals surface area contributed by atoms with Gasteiger partial charge in [-0.2, -0.15) is 0 Å². The first kappa shape index (κ1) is 39.9. The molecule has 0 amide bonds. The van der Waals surface area contributed by atoms with E-state index in [1.165, 1.54) is 111 Å². The Bertz CT molecular complexity index is 4020. The molecule has 3 aliphatic rings. The molecule has 71 heavy (non-hydrogen) atoms. The van der Waals surface area contributed by atoms with Crippen molar-refractivity contribution in [3.8, 4) is 44.5 Å². The van der Waals surface area contributed by atoms with E-state index in [0.29, 0.717) is 0 Å². The highest BCUT2D eigenvalue weighted by Gasteiger charge is 2.52. The number of hydrogen-bond donors (Lipinski definition) is 0. The zero-order chi connectivity index (χ0) is 46.7. The Balaban J connectivity index is 0.994. The Morgan fingerprint density at radius 3 is 1.37 bits per heavy atom. The maximum absolute atomic E-state index is 2.54. The lowest BCUT2D eigenvalue weighted by molar-refractivity contribution is 0.768. The minimum Gasteiger partial charge on any atom is -0.310 e. The fourth-order valence-electron chi connectivity index (χ4n) is 13.4. The summed E-state index contributed by atoms with van der Waals surface area (Å²) < 4.78 is 0. The number of rotatable bonds is 6. The molecule has 1 spiro atoms. The Kier molecular flexibility index (Phi) is 8.56. The van der Waals surface area contributed by atoms with Crippen molar-refractivity contribution >= 4 is 38.6 Å². The van der Waals surface area contributed by atoms with E-state index < -0.39 is 10.8 Å². The molecule has 0 radical (unpaired) electrons. The van der Waals surface area contributed by atoms with Crippen molar-refractivity contribution in [2.75, 3.05) is 4.90 Å². The molecule has 1 heteroatoms. The lowest BCUT2D eigenvalue weighted by Gasteiger charge is -2.34. The average Bonchev–Trinajstić information content (AvgIpc) is 4.05. The minimum absolute atomic E-state index is 0.469. The summed E-state index contributed by atoms with van der Waals surface area (Å²) in [5.41, 5.74) is 22.9. The summed E-state index contributed by atoms with van der Waals surface area (Å²) in [6, 6.07) is 102. The Morgan fingerprint density at radius 1 is 0.254 bits per heavy atom. The van der Waals surface area contributed by atoms with E-state index in [-0.39, 0.29) is 0 Å². The first-order chi connectivity index (χ1) is 35.2. The second kappa shape index (κ2) is 15.2. The third-order valence-corrected chi connectivity index (χ3v) is 16.1. The highest BCUT2D eigenvalue weighted by atomic mass is 15.1. The van der Waals surface area contributed by atoms with Crippen LogP contribution in [0.15, 0.2) is 273 Å². The average molecular weight is 900 g/mol.